The molecule has 0 spiro atoms. The van der Waals surface area contributed by atoms with Gasteiger partial charge in [0.25, 0.3) is 11.6 Å². The van der Waals surface area contributed by atoms with E-state index in [1.165, 1.54) is 12.1 Å². The molecule has 0 aromatic heterocycles. The van der Waals surface area contributed by atoms with E-state index in [-0.39, 0.29) is 17.6 Å². The number of halogens is 1. The SMILES string of the molecule is CC1CCCCN1C(=O)c1cc([N+](=O)[O-])ccc1Br. The predicted molar refractivity (Wildman–Crippen MR) is 75.1 cm³/mol. The Bertz CT molecular complexity index is 519. The minimum absolute atomic E-state index is 0.0591. The van der Waals surface area contributed by atoms with Crippen molar-refractivity contribution in [2.24, 2.45) is 0 Å². The van der Waals surface area contributed by atoms with E-state index < -0.39 is 4.92 Å². The van der Waals surface area contributed by atoms with Crippen LogP contribution in [0, 0.1) is 10.1 Å². The molecule has 6 heteroatoms. The number of piperidine rings is 1. The lowest BCUT2D eigenvalue weighted by Gasteiger charge is -2.33. The molecule has 1 atom stereocenters. The van der Waals surface area contributed by atoms with Crippen LogP contribution in [0.5, 0.6) is 0 Å². The first-order valence-corrected chi connectivity index (χ1v) is 7.05. The third kappa shape index (κ3) is 2.94. The summed E-state index contributed by atoms with van der Waals surface area (Å²) < 4.78 is 0.598. The van der Waals surface area contributed by atoms with E-state index in [0.29, 0.717) is 10.0 Å². The fourth-order valence-electron chi connectivity index (χ4n) is 2.35. The zero-order valence-electron chi connectivity index (χ0n) is 10.6. The van der Waals surface area contributed by atoms with Crippen molar-refractivity contribution in [2.75, 3.05) is 6.54 Å². The highest BCUT2D eigenvalue weighted by Crippen LogP contribution is 2.26. The van der Waals surface area contributed by atoms with Crippen molar-refractivity contribution in [3.05, 3.63) is 38.3 Å². The fourth-order valence-corrected chi connectivity index (χ4v) is 2.76. The molecule has 0 aliphatic carbocycles. The molecule has 102 valence electrons. The van der Waals surface area contributed by atoms with Gasteiger partial charge in [-0.25, -0.2) is 0 Å². The normalized spacial score (nSPS) is 19.3. The summed E-state index contributed by atoms with van der Waals surface area (Å²) in [7, 11) is 0. The summed E-state index contributed by atoms with van der Waals surface area (Å²) in [6.07, 6.45) is 3.10. The Morgan fingerprint density at radius 3 is 2.84 bits per heavy atom. The molecule has 1 amide bonds. The van der Waals surface area contributed by atoms with Gasteiger partial charge in [-0.2, -0.15) is 0 Å². The third-order valence-electron chi connectivity index (χ3n) is 3.46. The number of carbonyl (C=O) groups excluding carboxylic acids is 1. The number of rotatable bonds is 2. The Labute approximate surface area is 119 Å². The van der Waals surface area contributed by atoms with Crippen LogP contribution in [0.2, 0.25) is 0 Å². The van der Waals surface area contributed by atoms with Gasteiger partial charge in [0.05, 0.1) is 10.5 Å². The molecule has 1 heterocycles. The summed E-state index contributed by atoms with van der Waals surface area (Å²) in [5.41, 5.74) is 0.305. The smallest absolute Gasteiger partial charge is 0.270 e. The second kappa shape index (κ2) is 5.69. The maximum Gasteiger partial charge on any atom is 0.270 e. The molecule has 0 saturated carbocycles. The van der Waals surface area contributed by atoms with Gasteiger partial charge in [0, 0.05) is 29.2 Å². The monoisotopic (exact) mass is 326 g/mol. The van der Waals surface area contributed by atoms with Crippen LogP contribution in [0.1, 0.15) is 36.5 Å². The topological polar surface area (TPSA) is 63.5 Å². The molecule has 1 aromatic carbocycles. The molecule has 1 aliphatic rings. The highest BCUT2D eigenvalue weighted by molar-refractivity contribution is 9.10. The Hall–Kier alpha value is -1.43. The third-order valence-corrected chi connectivity index (χ3v) is 4.15. The average Bonchev–Trinajstić information content (AvgIpc) is 2.38. The van der Waals surface area contributed by atoms with Crippen molar-refractivity contribution in [1.82, 2.24) is 4.90 Å². The Balaban J connectivity index is 2.32. The largest absolute Gasteiger partial charge is 0.336 e. The number of nitro groups is 1. The molecule has 1 aromatic rings. The number of hydrogen-bond donors (Lipinski definition) is 0. The standard InChI is InChI=1S/C13H15BrN2O3/c1-9-4-2-3-7-15(9)13(17)11-8-10(16(18)19)5-6-12(11)14/h5-6,8-9H,2-4,7H2,1H3. The molecule has 1 unspecified atom stereocenters. The van der Waals surface area contributed by atoms with Gasteiger partial charge in [0.2, 0.25) is 0 Å². The van der Waals surface area contributed by atoms with Gasteiger partial charge < -0.3 is 4.90 Å². The predicted octanol–water partition coefficient (Wildman–Crippen LogP) is 3.37. The second-order valence-corrected chi connectivity index (χ2v) is 5.62. The van der Waals surface area contributed by atoms with E-state index in [4.69, 9.17) is 0 Å². The van der Waals surface area contributed by atoms with Gasteiger partial charge in [-0.15, -0.1) is 0 Å². The molecule has 1 fully saturated rings. The van der Waals surface area contributed by atoms with E-state index >= 15 is 0 Å². The molecule has 19 heavy (non-hydrogen) atoms. The number of nitro benzene ring substituents is 1. The Morgan fingerprint density at radius 1 is 1.47 bits per heavy atom. The van der Waals surface area contributed by atoms with Crippen LogP contribution < -0.4 is 0 Å². The first-order chi connectivity index (χ1) is 9.00. The van der Waals surface area contributed by atoms with Crippen molar-refractivity contribution in [3.8, 4) is 0 Å². The molecule has 5 nitrogen and oxygen atoms in total. The van der Waals surface area contributed by atoms with Crippen molar-refractivity contribution >= 4 is 27.5 Å². The van der Waals surface area contributed by atoms with Crippen molar-refractivity contribution in [1.29, 1.82) is 0 Å². The number of hydrogen-bond acceptors (Lipinski definition) is 3. The number of amides is 1. The van der Waals surface area contributed by atoms with Crippen LogP contribution in [-0.2, 0) is 0 Å². The summed E-state index contributed by atoms with van der Waals surface area (Å²) in [4.78, 5) is 24.6. The Kier molecular flexibility index (Phi) is 4.19. The minimum Gasteiger partial charge on any atom is -0.336 e. The highest BCUT2D eigenvalue weighted by atomic mass is 79.9. The number of benzene rings is 1. The minimum atomic E-state index is -0.483. The molecule has 0 bridgehead atoms. The first-order valence-electron chi connectivity index (χ1n) is 6.25. The van der Waals surface area contributed by atoms with Gasteiger partial charge in [-0.05, 0) is 48.2 Å². The van der Waals surface area contributed by atoms with Gasteiger partial charge in [-0.3, -0.25) is 14.9 Å². The van der Waals surface area contributed by atoms with Gasteiger partial charge in [0.15, 0.2) is 0 Å². The van der Waals surface area contributed by atoms with E-state index in [2.05, 4.69) is 15.9 Å². The van der Waals surface area contributed by atoms with Crippen molar-refractivity contribution in [2.45, 2.75) is 32.2 Å². The number of non-ortho nitro benzene ring substituents is 1. The molecule has 0 radical (unpaired) electrons. The highest BCUT2D eigenvalue weighted by Gasteiger charge is 2.26. The van der Waals surface area contributed by atoms with Gasteiger partial charge in [0.1, 0.15) is 0 Å². The van der Waals surface area contributed by atoms with Crippen LogP contribution in [-0.4, -0.2) is 28.3 Å². The molecule has 0 N–H and O–H groups in total. The zero-order valence-corrected chi connectivity index (χ0v) is 12.2. The van der Waals surface area contributed by atoms with Crippen molar-refractivity contribution in [3.63, 3.8) is 0 Å². The number of likely N-dealkylation sites (tertiary alicyclic amines) is 1. The zero-order chi connectivity index (χ0) is 14.0. The summed E-state index contributed by atoms with van der Waals surface area (Å²) in [5.74, 6) is -0.136. The summed E-state index contributed by atoms with van der Waals surface area (Å²) in [5, 5.41) is 10.8. The lowest BCUT2D eigenvalue weighted by atomic mass is 10.0. The van der Waals surface area contributed by atoms with Crippen LogP contribution in [0.4, 0.5) is 5.69 Å². The molecule has 1 saturated heterocycles. The van der Waals surface area contributed by atoms with E-state index in [0.717, 1.165) is 25.8 Å². The average molecular weight is 327 g/mol. The maximum atomic E-state index is 12.5. The van der Waals surface area contributed by atoms with E-state index in [1.54, 1.807) is 11.0 Å². The van der Waals surface area contributed by atoms with Crippen LogP contribution in [0.15, 0.2) is 22.7 Å². The quantitative estimate of drug-likeness (QED) is 0.618. The summed E-state index contributed by atoms with van der Waals surface area (Å²) in [6.45, 7) is 2.73. The van der Waals surface area contributed by atoms with Crippen LogP contribution in [0.25, 0.3) is 0 Å². The van der Waals surface area contributed by atoms with Crippen LogP contribution in [0.3, 0.4) is 0 Å². The summed E-state index contributed by atoms with van der Waals surface area (Å²) in [6, 6.07) is 4.47. The Morgan fingerprint density at radius 2 is 2.21 bits per heavy atom. The first kappa shape index (κ1) is 14.0. The second-order valence-electron chi connectivity index (χ2n) is 4.76. The number of carbonyl (C=O) groups is 1. The molecule has 1 aliphatic heterocycles. The molecular formula is C13H15BrN2O3. The molecular weight excluding hydrogens is 312 g/mol. The summed E-state index contributed by atoms with van der Waals surface area (Å²) >= 11 is 3.30. The van der Waals surface area contributed by atoms with Crippen molar-refractivity contribution < 1.29 is 9.72 Å². The lowest BCUT2D eigenvalue weighted by molar-refractivity contribution is -0.384. The van der Waals surface area contributed by atoms with Gasteiger partial charge >= 0.3 is 0 Å². The van der Waals surface area contributed by atoms with Gasteiger partial charge in [-0.1, -0.05) is 0 Å². The van der Waals surface area contributed by atoms with Crippen LogP contribution >= 0.6 is 15.9 Å². The fraction of sp³-hybridized carbons (Fsp3) is 0.462. The number of nitrogens with zero attached hydrogens (tertiary/aromatic N) is 2. The van der Waals surface area contributed by atoms with E-state index in [9.17, 15) is 14.9 Å². The van der Waals surface area contributed by atoms with E-state index in [1.807, 2.05) is 6.92 Å². The molecule has 2 rings (SSSR count). The maximum absolute atomic E-state index is 12.5. The lowest BCUT2D eigenvalue weighted by Crippen LogP contribution is -2.42.